The highest BCUT2D eigenvalue weighted by atomic mass is 35.5. The Morgan fingerprint density at radius 3 is 2.80 bits per heavy atom. The van der Waals surface area contributed by atoms with Crippen molar-refractivity contribution < 1.29 is 19.4 Å². The number of anilines is 1. The maximum Gasteiger partial charge on any atom is 0.338 e. The molecule has 1 aromatic carbocycles. The van der Waals surface area contributed by atoms with Gasteiger partial charge in [0.1, 0.15) is 11.6 Å². The van der Waals surface area contributed by atoms with Crippen LogP contribution < -0.4 is 11.1 Å². The fourth-order valence-corrected chi connectivity index (χ4v) is 4.45. The van der Waals surface area contributed by atoms with Crippen LogP contribution >= 0.6 is 23.9 Å². The molecule has 1 saturated heterocycles. The van der Waals surface area contributed by atoms with Gasteiger partial charge in [0.2, 0.25) is 5.91 Å². The summed E-state index contributed by atoms with van der Waals surface area (Å²) in [4.78, 5) is 26.4. The number of carbonyl (C=O) groups excluding carboxylic acids is 2. The van der Waals surface area contributed by atoms with E-state index in [1.54, 1.807) is 24.4 Å². The SMILES string of the molecule is Cc1c([C@@H](O)CN2CCC(N)(C(=O)Nc3ccns3)CC2)ccc2c1COC2=O.Cl. The molecular formula is C20H25ClN4O4S. The molecule has 3 heterocycles. The molecule has 8 nitrogen and oxygen atoms in total. The number of aliphatic hydroxyl groups excluding tert-OH is 1. The molecule has 0 bridgehead atoms. The Bertz CT molecular complexity index is 929. The third-order valence-electron chi connectivity index (χ3n) is 5.87. The Labute approximate surface area is 185 Å². The van der Waals surface area contributed by atoms with Crippen molar-refractivity contribution in [3.8, 4) is 0 Å². The minimum absolute atomic E-state index is 0. The fraction of sp³-hybridized carbons (Fsp3) is 0.450. The molecule has 1 amide bonds. The van der Waals surface area contributed by atoms with Crippen molar-refractivity contribution in [2.75, 3.05) is 25.0 Å². The summed E-state index contributed by atoms with van der Waals surface area (Å²) in [7, 11) is 0. The van der Waals surface area contributed by atoms with Gasteiger partial charge in [0.15, 0.2) is 0 Å². The molecule has 30 heavy (non-hydrogen) atoms. The van der Waals surface area contributed by atoms with Crippen molar-refractivity contribution in [1.29, 1.82) is 0 Å². The van der Waals surface area contributed by atoms with Gasteiger partial charge in [0, 0.05) is 31.4 Å². The van der Waals surface area contributed by atoms with Gasteiger partial charge in [-0.1, -0.05) is 6.07 Å². The number of β-amino-alcohol motifs (C(OH)–C–C–N with tert-alkyl or cyclic N) is 1. The van der Waals surface area contributed by atoms with Crippen LogP contribution in [0.25, 0.3) is 0 Å². The van der Waals surface area contributed by atoms with Crippen LogP contribution in [0.3, 0.4) is 0 Å². The number of likely N-dealkylation sites (tertiary alicyclic amines) is 1. The summed E-state index contributed by atoms with van der Waals surface area (Å²) >= 11 is 1.22. The average Bonchev–Trinajstić information content (AvgIpc) is 3.34. The number of cyclic esters (lactones) is 1. The first kappa shape index (κ1) is 22.6. The predicted molar refractivity (Wildman–Crippen MR) is 116 cm³/mol. The molecule has 4 N–H and O–H groups in total. The third kappa shape index (κ3) is 4.35. The zero-order valence-electron chi connectivity index (χ0n) is 16.6. The molecule has 1 atom stereocenters. The zero-order valence-corrected chi connectivity index (χ0v) is 18.2. The van der Waals surface area contributed by atoms with E-state index in [2.05, 4.69) is 14.6 Å². The number of hydrogen-bond acceptors (Lipinski definition) is 8. The van der Waals surface area contributed by atoms with Gasteiger partial charge < -0.3 is 25.8 Å². The first-order valence-electron chi connectivity index (χ1n) is 9.58. The van der Waals surface area contributed by atoms with Gasteiger partial charge in [0.05, 0.1) is 17.2 Å². The topological polar surface area (TPSA) is 118 Å². The minimum atomic E-state index is -0.924. The van der Waals surface area contributed by atoms with E-state index >= 15 is 0 Å². The van der Waals surface area contributed by atoms with E-state index in [0.29, 0.717) is 43.0 Å². The number of fused-ring (bicyclic) bond motifs is 1. The lowest BCUT2D eigenvalue weighted by molar-refractivity contribution is -0.122. The molecule has 0 saturated carbocycles. The number of ether oxygens (including phenoxy) is 1. The van der Waals surface area contributed by atoms with Gasteiger partial charge in [-0.25, -0.2) is 4.79 Å². The number of piperidine rings is 1. The summed E-state index contributed by atoms with van der Waals surface area (Å²) in [5.41, 5.74) is 8.57. The lowest BCUT2D eigenvalue weighted by Crippen LogP contribution is -2.58. The number of amides is 1. The first-order chi connectivity index (χ1) is 13.9. The number of nitrogens with zero attached hydrogens (tertiary/aromatic N) is 2. The summed E-state index contributed by atoms with van der Waals surface area (Å²) < 4.78 is 9.06. The fourth-order valence-electron chi connectivity index (χ4n) is 3.95. The molecule has 1 fully saturated rings. The molecule has 0 aliphatic carbocycles. The number of nitrogens with two attached hydrogens (primary N) is 1. The second-order valence-corrected chi connectivity index (χ2v) is 8.52. The standard InChI is InChI=1S/C20H24N4O4S.ClH/c1-12-13(2-3-14-15(12)11-28-18(14)26)16(25)10-24-8-5-20(21,6-9-24)19(27)23-17-4-7-22-29-17;/h2-4,7,16,25H,5-6,8-11,21H2,1H3,(H,23,27);1H/t16-;/m0./s1. The summed E-state index contributed by atoms with van der Waals surface area (Å²) in [6, 6.07) is 5.27. The number of nitrogens with one attached hydrogen (secondary N) is 1. The molecule has 10 heteroatoms. The molecule has 1 aromatic heterocycles. The van der Waals surface area contributed by atoms with Crippen LogP contribution in [0.1, 0.15) is 46.0 Å². The molecule has 0 radical (unpaired) electrons. The van der Waals surface area contributed by atoms with E-state index in [0.717, 1.165) is 16.7 Å². The van der Waals surface area contributed by atoms with Crippen LogP contribution in [-0.2, 0) is 16.1 Å². The number of benzene rings is 1. The number of hydrogen-bond donors (Lipinski definition) is 3. The normalized spacial score (nSPS) is 18.8. The van der Waals surface area contributed by atoms with Crippen molar-refractivity contribution >= 4 is 40.8 Å². The zero-order chi connectivity index (χ0) is 20.6. The average molecular weight is 453 g/mol. The molecule has 0 unspecified atom stereocenters. The van der Waals surface area contributed by atoms with Gasteiger partial charge in [-0.15, -0.1) is 12.4 Å². The smallest absolute Gasteiger partial charge is 0.338 e. The molecule has 162 valence electrons. The second-order valence-electron chi connectivity index (χ2n) is 7.69. The van der Waals surface area contributed by atoms with E-state index in [4.69, 9.17) is 10.5 Å². The Hall–Kier alpha value is -2.04. The van der Waals surface area contributed by atoms with Crippen LogP contribution in [-0.4, -0.2) is 51.4 Å². The summed E-state index contributed by atoms with van der Waals surface area (Å²) in [6.45, 7) is 3.85. The Kier molecular flexibility index (Phi) is 6.78. The van der Waals surface area contributed by atoms with Crippen molar-refractivity contribution in [1.82, 2.24) is 9.27 Å². The van der Waals surface area contributed by atoms with Crippen LogP contribution in [0.2, 0.25) is 0 Å². The molecular weight excluding hydrogens is 428 g/mol. The summed E-state index contributed by atoms with van der Waals surface area (Å²) in [5.74, 6) is -0.503. The Morgan fingerprint density at radius 1 is 1.40 bits per heavy atom. The Morgan fingerprint density at radius 2 is 2.13 bits per heavy atom. The Balaban J connectivity index is 0.00000256. The van der Waals surface area contributed by atoms with E-state index in [-0.39, 0.29) is 30.9 Å². The second kappa shape index (κ2) is 8.99. The summed E-state index contributed by atoms with van der Waals surface area (Å²) in [6.07, 6.45) is 1.97. The predicted octanol–water partition coefficient (Wildman–Crippen LogP) is 2.01. The number of halogens is 1. The number of esters is 1. The third-order valence-corrected chi connectivity index (χ3v) is 6.54. The van der Waals surface area contributed by atoms with E-state index < -0.39 is 11.6 Å². The van der Waals surface area contributed by atoms with Crippen molar-refractivity contribution in [3.63, 3.8) is 0 Å². The van der Waals surface area contributed by atoms with E-state index in [1.807, 2.05) is 6.92 Å². The molecule has 2 aliphatic heterocycles. The van der Waals surface area contributed by atoms with Gasteiger partial charge in [-0.2, -0.15) is 4.37 Å². The molecule has 4 rings (SSSR count). The maximum atomic E-state index is 12.6. The molecule has 2 aromatic rings. The number of aliphatic hydroxyl groups is 1. The van der Waals surface area contributed by atoms with Crippen LogP contribution in [0.5, 0.6) is 0 Å². The van der Waals surface area contributed by atoms with Crippen molar-refractivity contribution in [3.05, 3.63) is 46.6 Å². The highest BCUT2D eigenvalue weighted by Crippen LogP contribution is 2.30. The molecule has 2 aliphatic rings. The largest absolute Gasteiger partial charge is 0.457 e. The number of aromatic nitrogens is 1. The molecule has 0 spiro atoms. The lowest BCUT2D eigenvalue weighted by Gasteiger charge is -2.38. The van der Waals surface area contributed by atoms with Crippen LogP contribution in [0, 0.1) is 6.92 Å². The lowest BCUT2D eigenvalue weighted by atomic mass is 9.87. The number of carbonyl (C=O) groups is 2. The van der Waals surface area contributed by atoms with E-state index in [1.165, 1.54) is 11.5 Å². The van der Waals surface area contributed by atoms with E-state index in [9.17, 15) is 14.7 Å². The van der Waals surface area contributed by atoms with Gasteiger partial charge in [-0.05, 0) is 54.6 Å². The van der Waals surface area contributed by atoms with Crippen LogP contribution in [0.15, 0.2) is 24.4 Å². The highest BCUT2D eigenvalue weighted by Gasteiger charge is 2.38. The van der Waals surface area contributed by atoms with Crippen LogP contribution in [0.4, 0.5) is 5.00 Å². The van der Waals surface area contributed by atoms with Crippen molar-refractivity contribution in [2.24, 2.45) is 5.73 Å². The van der Waals surface area contributed by atoms with Gasteiger partial charge >= 0.3 is 5.97 Å². The minimum Gasteiger partial charge on any atom is -0.457 e. The van der Waals surface area contributed by atoms with Gasteiger partial charge in [0.25, 0.3) is 0 Å². The monoisotopic (exact) mass is 452 g/mol. The van der Waals surface area contributed by atoms with Gasteiger partial charge in [-0.3, -0.25) is 4.79 Å². The summed E-state index contributed by atoms with van der Waals surface area (Å²) in [5, 5.41) is 14.3. The maximum absolute atomic E-state index is 12.6. The first-order valence-corrected chi connectivity index (χ1v) is 10.4. The quantitative estimate of drug-likeness (QED) is 0.594. The van der Waals surface area contributed by atoms with Crippen molar-refractivity contribution in [2.45, 2.75) is 38.0 Å². The highest BCUT2D eigenvalue weighted by molar-refractivity contribution is 7.10. The number of rotatable bonds is 5.